The average molecular weight is 342 g/mol. The van der Waals surface area contributed by atoms with E-state index in [0.717, 1.165) is 17.6 Å². The molecule has 0 aliphatic rings. The predicted molar refractivity (Wildman–Crippen MR) is 85.2 cm³/mol. The number of hydrogen-bond donors (Lipinski definition) is 2. The molecular weight excluding hydrogens is 324 g/mol. The van der Waals surface area contributed by atoms with Gasteiger partial charge >= 0.3 is 0 Å². The van der Waals surface area contributed by atoms with Gasteiger partial charge in [-0.2, -0.15) is 0 Å². The molecule has 0 aliphatic heterocycles. The van der Waals surface area contributed by atoms with E-state index >= 15 is 0 Å². The molecule has 0 saturated heterocycles. The SMILES string of the molecule is CCC(NC(=O)c1ccc(CNS(C)(=O)=O)o1)c1cccs1. The Hall–Kier alpha value is -1.64. The van der Waals surface area contributed by atoms with Crippen LogP contribution in [0.4, 0.5) is 0 Å². The van der Waals surface area contributed by atoms with Crippen LogP contribution in [0.15, 0.2) is 34.1 Å². The van der Waals surface area contributed by atoms with Crippen LogP contribution in [0.1, 0.15) is 40.6 Å². The van der Waals surface area contributed by atoms with Crippen LogP contribution in [-0.2, 0) is 16.6 Å². The van der Waals surface area contributed by atoms with E-state index in [2.05, 4.69) is 10.0 Å². The lowest BCUT2D eigenvalue weighted by atomic mass is 10.2. The molecule has 6 nitrogen and oxygen atoms in total. The number of carbonyl (C=O) groups is 1. The number of furan rings is 1. The van der Waals surface area contributed by atoms with Gasteiger partial charge in [-0.15, -0.1) is 11.3 Å². The lowest BCUT2D eigenvalue weighted by molar-refractivity contribution is 0.0906. The zero-order valence-corrected chi connectivity index (χ0v) is 14.0. The summed E-state index contributed by atoms with van der Waals surface area (Å²) in [5.41, 5.74) is 0. The third kappa shape index (κ3) is 4.69. The number of rotatable bonds is 7. The summed E-state index contributed by atoms with van der Waals surface area (Å²) in [7, 11) is -3.30. The Kier molecular flexibility index (Phi) is 5.38. The quantitative estimate of drug-likeness (QED) is 0.808. The van der Waals surface area contributed by atoms with E-state index in [-0.39, 0.29) is 24.3 Å². The second kappa shape index (κ2) is 7.08. The molecule has 0 saturated carbocycles. The summed E-state index contributed by atoms with van der Waals surface area (Å²) in [6.45, 7) is 2.02. The van der Waals surface area contributed by atoms with Gasteiger partial charge in [0.15, 0.2) is 5.76 Å². The average Bonchev–Trinajstić information content (AvgIpc) is 3.12. The van der Waals surface area contributed by atoms with Crippen molar-refractivity contribution in [2.75, 3.05) is 6.26 Å². The number of sulfonamides is 1. The monoisotopic (exact) mass is 342 g/mol. The number of thiophene rings is 1. The van der Waals surface area contributed by atoms with Crippen molar-refractivity contribution in [1.29, 1.82) is 0 Å². The van der Waals surface area contributed by atoms with Crippen LogP contribution in [0.2, 0.25) is 0 Å². The Morgan fingerprint density at radius 2 is 2.14 bits per heavy atom. The summed E-state index contributed by atoms with van der Waals surface area (Å²) < 4.78 is 29.7. The van der Waals surface area contributed by atoms with Gasteiger partial charge in [0.25, 0.3) is 5.91 Å². The molecule has 8 heteroatoms. The molecule has 2 heterocycles. The maximum Gasteiger partial charge on any atom is 0.287 e. The molecule has 0 bridgehead atoms. The van der Waals surface area contributed by atoms with E-state index in [1.807, 2.05) is 24.4 Å². The smallest absolute Gasteiger partial charge is 0.287 e. The van der Waals surface area contributed by atoms with Crippen LogP contribution in [0.3, 0.4) is 0 Å². The third-order valence-corrected chi connectivity index (χ3v) is 4.65. The normalized spacial score (nSPS) is 13.0. The first-order valence-electron chi connectivity index (χ1n) is 6.76. The molecule has 0 aliphatic carbocycles. The van der Waals surface area contributed by atoms with Crippen molar-refractivity contribution in [2.24, 2.45) is 0 Å². The number of nitrogens with one attached hydrogen (secondary N) is 2. The van der Waals surface area contributed by atoms with Gasteiger partial charge in [0, 0.05) is 4.88 Å². The van der Waals surface area contributed by atoms with Gasteiger partial charge in [0.1, 0.15) is 5.76 Å². The van der Waals surface area contributed by atoms with Crippen LogP contribution in [0.5, 0.6) is 0 Å². The molecule has 2 aromatic rings. The van der Waals surface area contributed by atoms with Crippen molar-refractivity contribution >= 4 is 27.3 Å². The fraction of sp³-hybridized carbons (Fsp3) is 0.357. The minimum absolute atomic E-state index is 0.0221. The van der Waals surface area contributed by atoms with Crippen molar-refractivity contribution < 1.29 is 17.6 Å². The molecule has 1 unspecified atom stereocenters. The van der Waals surface area contributed by atoms with Gasteiger partial charge in [-0.1, -0.05) is 13.0 Å². The lowest BCUT2D eigenvalue weighted by Crippen LogP contribution is -2.27. The zero-order valence-electron chi connectivity index (χ0n) is 12.3. The number of carbonyl (C=O) groups excluding carboxylic acids is 1. The Bertz CT molecular complexity index is 720. The molecule has 2 N–H and O–H groups in total. The summed E-state index contributed by atoms with van der Waals surface area (Å²) in [6, 6.07) is 6.98. The molecule has 1 atom stereocenters. The van der Waals surface area contributed by atoms with E-state index in [1.54, 1.807) is 17.4 Å². The van der Waals surface area contributed by atoms with Crippen LogP contribution >= 0.6 is 11.3 Å². The summed E-state index contributed by atoms with van der Waals surface area (Å²) in [5.74, 6) is 0.242. The highest BCUT2D eigenvalue weighted by atomic mass is 32.2. The molecule has 22 heavy (non-hydrogen) atoms. The maximum absolute atomic E-state index is 12.2. The summed E-state index contributed by atoms with van der Waals surface area (Å²) in [6.07, 6.45) is 1.84. The Balaban J connectivity index is 1.99. The van der Waals surface area contributed by atoms with Crippen molar-refractivity contribution in [2.45, 2.75) is 25.9 Å². The van der Waals surface area contributed by atoms with Crippen molar-refractivity contribution in [3.8, 4) is 0 Å². The molecule has 0 aromatic carbocycles. The Labute approximate surface area is 133 Å². The second-order valence-corrected chi connectivity index (χ2v) is 7.62. The summed E-state index contributed by atoms with van der Waals surface area (Å²) in [5, 5.41) is 4.87. The first-order valence-corrected chi connectivity index (χ1v) is 9.53. The van der Waals surface area contributed by atoms with Gasteiger partial charge < -0.3 is 9.73 Å². The lowest BCUT2D eigenvalue weighted by Gasteiger charge is -2.14. The summed E-state index contributed by atoms with van der Waals surface area (Å²) >= 11 is 1.59. The molecular formula is C14H18N2O4S2. The van der Waals surface area contributed by atoms with Gasteiger partial charge in [-0.25, -0.2) is 13.1 Å². The van der Waals surface area contributed by atoms with Gasteiger partial charge in [-0.05, 0) is 30.0 Å². The van der Waals surface area contributed by atoms with Gasteiger partial charge in [0.05, 0.1) is 18.8 Å². The van der Waals surface area contributed by atoms with Crippen molar-refractivity contribution in [3.63, 3.8) is 0 Å². The van der Waals surface area contributed by atoms with E-state index in [9.17, 15) is 13.2 Å². The first-order chi connectivity index (χ1) is 10.4. The van der Waals surface area contributed by atoms with Gasteiger partial charge in [0.2, 0.25) is 10.0 Å². The van der Waals surface area contributed by atoms with Crippen molar-refractivity contribution in [3.05, 3.63) is 46.0 Å². The van der Waals surface area contributed by atoms with E-state index in [0.29, 0.717) is 5.76 Å². The minimum atomic E-state index is -3.30. The highest BCUT2D eigenvalue weighted by Gasteiger charge is 2.17. The molecule has 120 valence electrons. The first kappa shape index (κ1) is 16.7. The van der Waals surface area contributed by atoms with Crippen LogP contribution < -0.4 is 10.0 Å². The molecule has 2 aromatic heterocycles. The topological polar surface area (TPSA) is 88.4 Å². The van der Waals surface area contributed by atoms with Crippen LogP contribution in [-0.4, -0.2) is 20.6 Å². The highest BCUT2D eigenvalue weighted by Crippen LogP contribution is 2.22. The predicted octanol–water partition coefficient (Wildman–Crippen LogP) is 2.27. The van der Waals surface area contributed by atoms with Crippen LogP contribution in [0, 0.1) is 0 Å². The zero-order chi connectivity index (χ0) is 16.2. The summed E-state index contributed by atoms with van der Waals surface area (Å²) in [4.78, 5) is 13.3. The third-order valence-electron chi connectivity index (χ3n) is 2.99. The molecule has 0 radical (unpaired) electrons. The van der Waals surface area contributed by atoms with E-state index in [4.69, 9.17) is 4.42 Å². The second-order valence-electron chi connectivity index (χ2n) is 4.81. The maximum atomic E-state index is 12.2. The fourth-order valence-electron chi connectivity index (χ4n) is 1.89. The van der Waals surface area contributed by atoms with Gasteiger partial charge in [-0.3, -0.25) is 4.79 Å². The molecule has 2 rings (SSSR count). The fourth-order valence-corrected chi connectivity index (χ4v) is 3.16. The molecule has 0 spiro atoms. The van der Waals surface area contributed by atoms with Crippen LogP contribution in [0.25, 0.3) is 0 Å². The molecule has 0 fully saturated rings. The standard InChI is InChI=1S/C14H18N2O4S2/c1-3-11(13-5-4-8-21-13)16-14(17)12-7-6-10(20-12)9-15-22(2,18)19/h4-8,11,15H,3,9H2,1-2H3,(H,16,17). The van der Waals surface area contributed by atoms with E-state index < -0.39 is 10.0 Å². The number of amides is 1. The molecule has 1 amide bonds. The minimum Gasteiger partial charge on any atom is -0.455 e. The van der Waals surface area contributed by atoms with E-state index in [1.165, 1.54) is 6.07 Å². The van der Waals surface area contributed by atoms with Crippen molar-refractivity contribution in [1.82, 2.24) is 10.0 Å². The Morgan fingerprint density at radius 1 is 1.36 bits per heavy atom. The highest BCUT2D eigenvalue weighted by molar-refractivity contribution is 7.88. The Morgan fingerprint density at radius 3 is 2.73 bits per heavy atom. The largest absolute Gasteiger partial charge is 0.455 e. The number of hydrogen-bond acceptors (Lipinski definition) is 5.